The van der Waals surface area contributed by atoms with Crippen molar-refractivity contribution in [2.45, 2.75) is 25.3 Å². The van der Waals surface area contributed by atoms with Crippen molar-refractivity contribution in [3.63, 3.8) is 0 Å². The van der Waals surface area contributed by atoms with Crippen molar-refractivity contribution in [3.8, 4) is 0 Å². The van der Waals surface area contributed by atoms with Crippen LogP contribution in [0.1, 0.15) is 29.6 Å². The summed E-state index contributed by atoms with van der Waals surface area (Å²) in [6.07, 6.45) is 5.63. The second kappa shape index (κ2) is 4.64. The second-order valence-corrected chi connectivity index (χ2v) is 5.37. The number of carbonyl (C=O) groups excluding carboxylic acids is 1. The third kappa shape index (κ3) is 2.09. The maximum absolute atomic E-state index is 12.4. The molecule has 3 aliphatic rings. The van der Waals surface area contributed by atoms with E-state index in [0.29, 0.717) is 18.5 Å². The molecule has 4 rings (SSSR count). The molecule has 0 radical (unpaired) electrons. The summed E-state index contributed by atoms with van der Waals surface area (Å²) < 4.78 is 0. The van der Waals surface area contributed by atoms with Gasteiger partial charge in [-0.05, 0) is 37.3 Å². The van der Waals surface area contributed by atoms with Gasteiger partial charge in [-0.3, -0.25) is 14.6 Å². The highest BCUT2D eigenvalue weighted by molar-refractivity contribution is 5.94. The van der Waals surface area contributed by atoms with Crippen LogP contribution in [0.4, 0.5) is 0 Å². The second-order valence-electron chi connectivity index (χ2n) is 5.37. The highest BCUT2D eigenvalue weighted by Gasteiger charge is 2.45. The summed E-state index contributed by atoms with van der Waals surface area (Å²) in [5.74, 6) is -0.922. The molecule has 1 saturated carbocycles. The van der Waals surface area contributed by atoms with Crippen LogP contribution in [0.3, 0.4) is 0 Å². The van der Waals surface area contributed by atoms with Crippen molar-refractivity contribution in [1.82, 2.24) is 9.88 Å². The fourth-order valence-corrected chi connectivity index (χ4v) is 3.32. The van der Waals surface area contributed by atoms with Crippen LogP contribution in [0.25, 0.3) is 0 Å². The number of pyridine rings is 1. The average Bonchev–Trinajstić information content (AvgIpc) is 2.47. The molecule has 100 valence electrons. The average molecular weight is 260 g/mol. The van der Waals surface area contributed by atoms with Gasteiger partial charge in [0.15, 0.2) is 0 Å². The number of rotatable bonds is 2. The topological polar surface area (TPSA) is 70.5 Å². The lowest BCUT2D eigenvalue weighted by Gasteiger charge is -2.48. The van der Waals surface area contributed by atoms with Crippen molar-refractivity contribution >= 4 is 11.9 Å². The first-order valence-electron chi connectivity index (χ1n) is 6.60. The van der Waals surface area contributed by atoms with Crippen LogP contribution >= 0.6 is 0 Å². The minimum Gasteiger partial charge on any atom is -0.481 e. The van der Waals surface area contributed by atoms with Gasteiger partial charge >= 0.3 is 5.97 Å². The molecule has 2 aliphatic heterocycles. The van der Waals surface area contributed by atoms with Gasteiger partial charge in [-0.25, -0.2) is 0 Å². The van der Waals surface area contributed by atoms with Crippen LogP contribution < -0.4 is 0 Å². The Hall–Kier alpha value is -1.91. The Balaban J connectivity index is 1.78. The first kappa shape index (κ1) is 12.1. The summed E-state index contributed by atoms with van der Waals surface area (Å²) in [5, 5.41) is 9.19. The number of aromatic nitrogens is 1. The maximum Gasteiger partial charge on any atom is 0.306 e. The zero-order valence-corrected chi connectivity index (χ0v) is 10.5. The van der Waals surface area contributed by atoms with E-state index in [4.69, 9.17) is 0 Å². The van der Waals surface area contributed by atoms with Gasteiger partial charge in [-0.2, -0.15) is 0 Å². The number of carbonyl (C=O) groups is 2. The van der Waals surface area contributed by atoms with Crippen LogP contribution in [-0.4, -0.2) is 39.5 Å². The maximum atomic E-state index is 12.4. The number of hydrogen-bond acceptors (Lipinski definition) is 3. The fraction of sp³-hybridized carbons (Fsp3) is 0.500. The van der Waals surface area contributed by atoms with Gasteiger partial charge in [0.2, 0.25) is 0 Å². The molecule has 0 aromatic carbocycles. The van der Waals surface area contributed by atoms with Gasteiger partial charge in [0, 0.05) is 25.0 Å². The van der Waals surface area contributed by atoms with Crippen molar-refractivity contribution in [2.24, 2.45) is 11.8 Å². The Morgan fingerprint density at radius 1 is 1.37 bits per heavy atom. The summed E-state index contributed by atoms with van der Waals surface area (Å²) in [6, 6.07) is 3.57. The van der Waals surface area contributed by atoms with Crippen LogP contribution in [0.2, 0.25) is 0 Å². The molecule has 2 bridgehead atoms. The number of amides is 1. The summed E-state index contributed by atoms with van der Waals surface area (Å²) in [7, 11) is 0. The minimum atomic E-state index is -0.719. The van der Waals surface area contributed by atoms with Crippen molar-refractivity contribution in [3.05, 3.63) is 30.1 Å². The van der Waals surface area contributed by atoms with Crippen LogP contribution in [0, 0.1) is 11.8 Å². The Labute approximate surface area is 111 Å². The predicted octanol–water partition coefficient (Wildman–Crippen LogP) is 1.41. The number of nitrogens with zero attached hydrogens (tertiary/aromatic N) is 2. The molecule has 3 unspecified atom stereocenters. The number of carboxylic acids is 1. The van der Waals surface area contributed by atoms with Gasteiger partial charge in [-0.1, -0.05) is 0 Å². The highest BCUT2D eigenvalue weighted by atomic mass is 16.4. The summed E-state index contributed by atoms with van der Waals surface area (Å²) >= 11 is 0. The smallest absolute Gasteiger partial charge is 0.306 e. The van der Waals surface area contributed by atoms with Crippen LogP contribution in [0.15, 0.2) is 24.5 Å². The van der Waals surface area contributed by atoms with E-state index in [1.807, 2.05) is 4.90 Å². The molecule has 2 saturated heterocycles. The molecule has 1 aromatic heterocycles. The quantitative estimate of drug-likeness (QED) is 0.872. The SMILES string of the molecule is O=C(O)C1CC2CCC1CN2C(=O)c1cccnc1. The lowest BCUT2D eigenvalue weighted by molar-refractivity contribution is -0.148. The van der Waals surface area contributed by atoms with Gasteiger partial charge in [0.25, 0.3) is 5.91 Å². The normalized spacial score (nSPS) is 29.3. The Kier molecular flexibility index (Phi) is 2.97. The fourth-order valence-electron chi connectivity index (χ4n) is 3.32. The van der Waals surface area contributed by atoms with Gasteiger partial charge < -0.3 is 10.0 Å². The lowest BCUT2D eigenvalue weighted by Crippen LogP contribution is -2.55. The number of hydrogen-bond donors (Lipinski definition) is 1. The number of carboxylic acid groups (broad SMARTS) is 1. The third-order valence-electron chi connectivity index (χ3n) is 4.32. The molecule has 5 heteroatoms. The molecule has 1 amide bonds. The molecule has 19 heavy (non-hydrogen) atoms. The van der Waals surface area contributed by atoms with Gasteiger partial charge in [0.1, 0.15) is 0 Å². The molecule has 3 atom stereocenters. The molecule has 1 aromatic rings. The molecule has 5 nitrogen and oxygen atoms in total. The summed E-state index contributed by atoms with van der Waals surface area (Å²) in [6.45, 7) is 0.565. The van der Waals surface area contributed by atoms with E-state index in [9.17, 15) is 14.7 Å². The molecular formula is C14H16N2O3. The number of piperidine rings is 2. The first-order valence-corrected chi connectivity index (χ1v) is 6.60. The molecule has 0 spiro atoms. The third-order valence-corrected chi connectivity index (χ3v) is 4.32. The number of aliphatic carboxylic acids is 1. The van der Waals surface area contributed by atoms with Crippen molar-refractivity contribution in [1.29, 1.82) is 0 Å². The van der Waals surface area contributed by atoms with Gasteiger partial charge in [-0.15, -0.1) is 0 Å². The largest absolute Gasteiger partial charge is 0.481 e. The molecular weight excluding hydrogens is 244 g/mol. The predicted molar refractivity (Wildman–Crippen MR) is 67.5 cm³/mol. The van der Waals surface area contributed by atoms with E-state index in [1.165, 1.54) is 0 Å². The van der Waals surface area contributed by atoms with Gasteiger partial charge in [0.05, 0.1) is 11.5 Å². The Morgan fingerprint density at radius 2 is 2.21 bits per heavy atom. The monoisotopic (exact) mass is 260 g/mol. The van der Waals surface area contributed by atoms with E-state index in [-0.39, 0.29) is 23.8 Å². The number of fused-ring (bicyclic) bond motifs is 3. The summed E-state index contributed by atoms with van der Waals surface area (Å²) in [4.78, 5) is 29.4. The van der Waals surface area contributed by atoms with E-state index in [0.717, 1.165) is 12.8 Å². The molecule has 3 fully saturated rings. The highest BCUT2D eigenvalue weighted by Crippen LogP contribution is 2.39. The Bertz CT molecular complexity index is 503. The van der Waals surface area contributed by atoms with Crippen molar-refractivity contribution in [2.75, 3.05) is 6.54 Å². The molecule has 1 aliphatic carbocycles. The standard InChI is InChI=1S/C14H16N2O3/c17-13(9-2-1-5-15-7-9)16-8-10-3-4-11(16)6-12(10)14(18)19/h1-2,5,7,10-12H,3-4,6,8H2,(H,18,19). The zero-order chi connectivity index (χ0) is 13.4. The van der Waals surface area contributed by atoms with E-state index in [2.05, 4.69) is 4.98 Å². The van der Waals surface area contributed by atoms with Crippen LogP contribution in [-0.2, 0) is 4.79 Å². The van der Waals surface area contributed by atoms with E-state index >= 15 is 0 Å². The molecule has 1 N–H and O–H groups in total. The molecule has 3 heterocycles. The zero-order valence-electron chi connectivity index (χ0n) is 10.5. The minimum absolute atomic E-state index is 0.0216. The van der Waals surface area contributed by atoms with Crippen LogP contribution in [0.5, 0.6) is 0 Å². The lowest BCUT2D eigenvalue weighted by atomic mass is 9.72. The van der Waals surface area contributed by atoms with Crippen molar-refractivity contribution < 1.29 is 14.7 Å². The van der Waals surface area contributed by atoms with E-state index < -0.39 is 5.97 Å². The Morgan fingerprint density at radius 3 is 2.79 bits per heavy atom. The first-order chi connectivity index (χ1) is 9.16. The summed E-state index contributed by atoms with van der Waals surface area (Å²) in [5.41, 5.74) is 0.585. The van der Waals surface area contributed by atoms with E-state index in [1.54, 1.807) is 24.5 Å².